The van der Waals surface area contributed by atoms with Crippen LogP contribution in [0.4, 0.5) is 10.8 Å². The average molecular weight is 367 g/mol. The fraction of sp³-hybridized carbons (Fsp3) is 0.0667. The van der Waals surface area contributed by atoms with Gasteiger partial charge >= 0.3 is 0 Å². The highest BCUT2D eigenvalue weighted by molar-refractivity contribution is 7.22. The van der Waals surface area contributed by atoms with Gasteiger partial charge in [0.2, 0.25) is 0 Å². The summed E-state index contributed by atoms with van der Waals surface area (Å²) in [6.45, 7) is 1.92. The van der Waals surface area contributed by atoms with Crippen LogP contribution in [0.3, 0.4) is 0 Å². The minimum absolute atomic E-state index is 0.299. The Labute approximate surface area is 146 Å². The Morgan fingerprint density at radius 2 is 2.04 bits per heavy atom. The van der Waals surface area contributed by atoms with E-state index >= 15 is 0 Å². The van der Waals surface area contributed by atoms with Gasteiger partial charge in [0.1, 0.15) is 0 Å². The van der Waals surface area contributed by atoms with Crippen molar-refractivity contribution in [2.75, 3.05) is 10.7 Å². The largest absolute Gasteiger partial charge is 0.322 e. The normalized spacial score (nSPS) is 10.8. The number of thiazole rings is 1. The number of nitrogen functional groups attached to an aromatic ring is 1. The van der Waals surface area contributed by atoms with Gasteiger partial charge in [-0.1, -0.05) is 34.5 Å². The van der Waals surface area contributed by atoms with Crippen LogP contribution in [0.5, 0.6) is 0 Å². The number of amides is 1. The second-order valence-corrected chi connectivity index (χ2v) is 6.76. The number of nitrogens with two attached hydrogens (primary N) is 1. The van der Waals surface area contributed by atoms with E-state index in [0.717, 1.165) is 15.8 Å². The first kappa shape index (κ1) is 16.0. The zero-order valence-electron chi connectivity index (χ0n) is 12.0. The van der Waals surface area contributed by atoms with Gasteiger partial charge in [-0.25, -0.2) is 10.8 Å². The Morgan fingerprint density at radius 3 is 2.74 bits per heavy atom. The Bertz CT molecular complexity index is 910. The number of halogens is 2. The second kappa shape index (κ2) is 6.33. The molecule has 23 heavy (non-hydrogen) atoms. The van der Waals surface area contributed by atoms with Crippen LogP contribution < -0.4 is 16.6 Å². The predicted octanol–water partition coefficient (Wildman–Crippen LogP) is 4.45. The number of nitrogens with one attached hydrogen (secondary N) is 2. The molecule has 0 saturated heterocycles. The van der Waals surface area contributed by atoms with Gasteiger partial charge in [-0.05, 0) is 42.8 Å². The predicted molar refractivity (Wildman–Crippen MR) is 96.6 cm³/mol. The van der Waals surface area contributed by atoms with Crippen molar-refractivity contribution in [3.05, 3.63) is 51.5 Å². The topological polar surface area (TPSA) is 80.0 Å². The SMILES string of the molecule is Cc1cc(NC(=O)c2ccc(Cl)cc2Cl)cc2sc(NN)nc12. The van der Waals surface area contributed by atoms with Crippen LogP contribution in [-0.4, -0.2) is 10.9 Å². The summed E-state index contributed by atoms with van der Waals surface area (Å²) < 4.78 is 0.926. The summed E-state index contributed by atoms with van der Waals surface area (Å²) in [6.07, 6.45) is 0. The average Bonchev–Trinajstić information content (AvgIpc) is 2.90. The molecule has 3 aromatic rings. The smallest absolute Gasteiger partial charge is 0.257 e. The Kier molecular flexibility index (Phi) is 4.41. The van der Waals surface area contributed by atoms with Gasteiger partial charge in [-0.15, -0.1) is 0 Å². The van der Waals surface area contributed by atoms with Crippen molar-refractivity contribution < 1.29 is 4.79 Å². The van der Waals surface area contributed by atoms with Crippen molar-refractivity contribution in [3.8, 4) is 0 Å². The lowest BCUT2D eigenvalue weighted by molar-refractivity contribution is 0.102. The molecule has 0 saturated carbocycles. The van der Waals surface area contributed by atoms with E-state index in [1.807, 2.05) is 19.1 Å². The molecular formula is C15H12Cl2N4OS. The molecule has 4 N–H and O–H groups in total. The number of rotatable bonds is 3. The van der Waals surface area contributed by atoms with Crippen LogP contribution in [-0.2, 0) is 0 Å². The number of hydrogen-bond acceptors (Lipinski definition) is 5. The maximum Gasteiger partial charge on any atom is 0.257 e. The molecule has 1 aromatic heterocycles. The van der Waals surface area contributed by atoms with Crippen molar-refractivity contribution in [1.29, 1.82) is 0 Å². The number of nitrogens with zero attached hydrogens (tertiary/aromatic N) is 1. The first-order valence-electron chi connectivity index (χ1n) is 6.62. The van der Waals surface area contributed by atoms with Crippen molar-refractivity contribution in [2.45, 2.75) is 6.92 Å². The molecule has 5 nitrogen and oxygen atoms in total. The zero-order chi connectivity index (χ0) is 16.6. The van der Waals surface area contributed by atoms with Crippen LogP contribution in [0.2, 0.25) is 10.0 Å². The van der Waals surface area contributed by atoms with E-state index in [9.17, 15) is 4.79 Å². The molecule has 1 heterocycles. The van der Waals surface area contributed by atoms with E-state index in [1.54, 1.807) is 12.1 Å². The Morgan fingerprint density at radius 1 is 1.26 bits per heavy atom. The second-order valence-electron chi connectivity index (χ2n) is 4.88. The van der Waals surface area contributed by atoms with Crippen LogP contribution in [0, 0.1) is 6.92 Å². The lowest BCUT2D eigenvalue weighted by atomic mass is 10.1. The lowest BCUT2D eigenvalue weighted by Gasteiger charge is -2.08. The lowest BCUT2D eigenvalue weighted by Crippen LogP contribution is -2.12. The summed E-state index contributed by atoms with van der Waals surface area (Å²) >= 11 is 13.3. The van der Waals surface area contributed by atoms with Gasteiger partial charge in [-0.2, -0.15) is 0 Å². The summed E-state index contributed by atoms with van der Waals surface area (Å²) in [6, 6.07) is 8.45. The zero-order valence-corrected chi connectivity index (χ0v) is 14.3. The molecule has 3 rings (SSSR count). The maximum atomic E-state index is 12.4. The number of hydrogen-bond donors (Lipinski definition) is 3. The first-order chi connectivity index (χ1) is 11.0. The van der Waals surface area contributed by atoms with Crippen LogP contribution in [0.25, 0.3) is 10.2 Å². The molecule has 0 bridgehead atoms. The molecule has 8 heteroatoms. The van der Waals surface area contributed by atoms with E-state index in [1.165, 1.54) is 17.4 Å². The van der Waals surface area contributed by atoms with Gasteiger partial charge in [0, 0.05) is 10.7 Å². The standard InChI is InChI=1S/C15H12Cl2N4OS/c1-7-4-9(6-12-13(7)20-15(21-18)23-12)19-14(22)10-3-2-8(16)5-11(10)17/h2-6H,18H2,1H3,(H,19,22)(H,20,21). The third-order valence-corrected chi connectivity index (χ3v) is 4.72. The number of hydrazine groups is 1. The monoisotopic (exact) mass is 366 g/mol. The van der Waals surface area contributed by atoms with Crippen LogP contribution in [0.15, 0.2) is 30.3 Å². The summed E-state index contributed by atoms with van der Waals surface area (Å²) in [5.41, 5.74) is 5.36. The molecular weight excluding hydrogens is 355 g/mol. The minimum Gasteiger partial charge on any atom is -0.322 e. The fourth-order valence-corrected chi connectivity index (χ4v) is 3.59. The molecule has 0 aliphatic rings. The van der Waals surface area contributed by atoms with Crippen molar-refractivity contribution in [1.82, 2.24) is 4.98 Å². The summed E-state index contributed by atoms with van der Waals surface area (Å²) in [4.78, 5) is 16.7. The van der Waals surface area contributed by atoms with Gasteiger partial charge in [0.15, 0.2) is 5.13 Å². The third kappa shape index (κ3) is 3.25. The van der Waals surface area contributed by atoms with Gasteiger partial charge in [-0.3, -0.25) is 10.2 Å². The van der Waals surface area contributed by atoms with Crippen LogP contribution >= 0.6 is 34.5 Å². The number of aromatic nitrogens is 1. The van der Waals surface area contributed by atoms with Crippen molar-refractivity contribution in [2.24, 2.45) is 5.84 Å². The van der Waals surface area contributed by atoms with Crippen molar-refractivity contribution >= 4 is 61.5 Å². The Hall–Kier alpha value is -1.86. The Balaban J connectivity index is 1.93. The van der Waals surface area contributed by atoms with Crippen LogP contribution in [0.1, 0.15) is 15.9 Å². The number of benzene rings is 2. The van der Waals surface area contributed by atoms with E-state index in [-0.39, 0.29) is 5.91 Å². The van der Waals surface area contributed by atoms with Gasteiger partial charge in [0.25, 0.3) is 5.91 Å². The van der Waals surface area contributed by atoms with E-state index in [2.05, 4.69) is 15.7 Å². The highest BCUT2D eigenvalue weighted by atomic mass is 35.5. The highest BCUT2D eigenvalue weighted by Crippen LogP contribution is 2.31. The molecule has 2 aromatic carbocycles. The molecule has 0 atom stereocenters. The molecule has 1 amide bonds. The molecule has 118 valence electrons. The summed E-state index contributed by atoms with van der Waals surface area (Å²) in [5.74, 6) is 5.09. The number of carbonyl (C=O) groups is 1. The first-order valence-corrected chi connectivity index (χ1v) is 8.19. The molecule has 0 fully saturated rings. The molecule has 0 aliphatic heterocycles. The fourth-order valence-electron chi connectivity index (χ4n) is 2.20. The summed E-state index contributed by atoms with van der Waals surface area (Å²) in [7, 11) is 0. The summed E-state index contributed by atoms with van der Waals surface area (Å²) in [5, 5.41) is 4.24. The number of fused-ring (bicyclic) bond motifs is 1. The molecule has 0 spiro atoms. The molecule has 0 radical (unpaired) electrons. The third-order valence-electron chi connectivity index (χ3n) is 3.24. The highest BCUT2D eigenvalue weighted by Gasteiger charge is 2.13. The van der Waals surface area contributed by atoms with Gasteiger partial charge in [0.05, 0.1) is 20.8 Å². The molecule has 0 aliphatic carbocycles. The van der Waals surface area contributed by atoms with E-state index in [0.29, 0.717) is 26.4 Å². The maximum absolute atomic E-state index is 12.4. The number of carbonyl (C=O) groups excluding carboxylic acids is 1. The van der Waals surface area contributed by atoms with Gasteiger partial charge < -0.3 is 5.32 Å². The van der Waals surface area contributed by atoms with E-state index in [4.69, 9.17) is 29.0 Å². The van der Waals surface area contributed by atoms with E-state index < -0.39 is 0 Å². The number of aryl methyl sites for hydroxylation is 1. The quantitative estimate of drug-likeness (QED) is 0.472. The van der Waals surface area contributed by atoms with Crippen molar-refractivity contribution in [3.63, 3.8) is 0 Å². The molecule has 0 unspecified atom stereocenters. The number of anilines is 2. The minimum atomic E-state index is -0.299.